The van der Waals surface area contributed by atoms with Crippen LogP contribution in [0.4, 0.5) is 0 Å². The van der Waals surface area contributed by atoms with Gasteiger partial charge in [0.05, 0.1) is 17.6 Å². The molecular weight excluding hydrogens is 212 g/mol. The number of aryl methyl sites for hydroxylation is 1. The molecule has 0 spiro atoms. The lowest BCUT2D eigenvalue weighted by Gasteiger charge is -2.05. The van der Waals surface area contributed by atoms with Gasteiger partial charge in [-0.3, -0.25) is 0 Å². The molecule has 15 heavy (non-hydrogen) atoms. The summed E-state index contributed by atoms with van der Waals surface area (Å²) in [5, 5.41) is 0.721. The van der Waals surface area contributed by atoms with Crippen molar-refractivity contribution in [2.75, 3.05) is 13.7 Å². The molecular formula is C11H13ClN2O. The van der Waals surface area contributed by atoms with Crippen molar-refractivity contribution in [2.24, 2.45) is 0 Å². The van der Waals surface area contributed by atoms with Crippen LogP contribution in [0.3, 0.4) is 0 Å². The number of hydrogen-bond donors (Lipinski definition) is 0. The third-order valence-corrected chi connectivity index (χ3v) is 2.66. The lowest BCUT2D eigenvalue weighted by atomic mass is 10.3. The van der Waals surface area contributed by atoms with Gasteiger partial charge in [0, 0.05) is 18.7 Å². The normalized spacial score (nSPS) is 11.1. The van der Waals surface area contributed by atoms with E-state index in [4.69, 9.17) is 16.3 Å². The molecule has 2 rings (SSSR count). The third-order valence-electron chi connectivity index (χ3n) is 2.42. The maximum atomic E-state index is 5.91. The molecule has 1 aromatic heterocycles. The lowest BCUT2D eigenvalue weighted by molar-refractivity contribution is 0.187. The average molecular weight is 225 g/mol. The summed E-state index contributed by atoms with van der Waals surface area (Å²) < 4.78 is 7.20. The van der Waals surface area contributed by atoms with E-state index in [2.05, 4.69) is 9.55 Å². The van der Waals surface area contributed by atoms with Gasteiger partial charge in [0.15, 0.2) is 0 Å². The lowest BCUT2D eigenvalue weighted by Crippen LogP contribution is -2.05. The molecule has 4 heteroatoms. The quantitative estimate of drug-likeness (QED) is 0.802. The van der Waals surface area contributed by atoms with Crippen LogP contribution in [0.25, 0.3) is 11.0 Å². The molecule has 0 unspecified atom stereocenters. The maximum Gasteiger partial charge on any atom is 0.106 e. The van der Waals surface area contributed by atoms with Crippen molar-refractivity contribution >= 4 is 22.6 Å². The SMILES string of the molecule is COCCn1c(C)nc2cc(Cl)ccc21. The predicted octanol–water partition coefficient (Wildman–Crippen LogP) is 2.64. The Hall–Kier alpha value is -1.06. The number of ether oxygens (including phenoxy) is 1. The minimum atomic E-state index is 0.689. The number of nitrogens with zero attached hydrogens (tertiary/aromatic N) is 2. The summed E-state index contributed by atoms with van der Waals surface area (Å²) in [6.45, 7) is 3.50. The fraction of sp³-hybridized carbons (Fsp3) is 0.364. The molecule has 0 amide bonds. The number of fused-ring (bicyclic) bond motifs is 1. The highest BCUT2D eigenvalue weighted by Crippen LogP contribution is 2.20. The number of halogens is 1. The molecule has 0 N–H and O–H groups in total. The molecule has 2 aromatic rings. The van der Waals surface area contributed by atoms with Crippen LogP contribution in [0, 0.1) is 6.92 Å². The molecule has 0 aliphatic heterocycles. The molecule has 0 saturated carbocycles. The highest BCUT2D eigenvalue weighted by Gasteiger charge is 2.06. The van der Waals surface area contributed by atoms with Crippen LogP contribution in [0.1, 0.15) is 5.82 Å². The molecule has 0 bridgehead atoms. The highest BCUT2D eigenvalue weighted by molar-refractivity contribution is 6.31. The molecule has 0 aliphatic rings. The Balaban J connectivity index is 2.48. The molecule has 0 aliphatic carbocycles. The zero-order valence-electron chi connectivity index (χ0n) is 8.83. The smallest absolute Gasteiger partial charge is 0.106 e. The molecule has 80 valence electrons. The Kier molecular flexibility index (Phi) is 2.93. The second-order valence-corrected chi connectivity index (χ2v) is 3.87. The van der Waals surface area contributed by atoms with Crippen molar-refractivity contribution in [3.05, 3.63) is 29.0 Å². The van der Waals surface area contributed by atoms with E-state index in [0.717, 1.165) is 28.4 Å². The van der Waals surface area contributed by atoms with E-state index >= 15 is 0 Å². The van der Waals surface area contributed by atoms with E-state index < -0.39 is 0 Å². The van der Waals surface area contributed by atoms with Gasteiger partial charge in [-0.25, -0.2) is 4.98 Å². The number of hydrogen-bond acceptors (Lipinski definition) is 2. The first-order valence-electron chi connectivity index (χ1n) is 4.83. The van der Waals surface area contributed by atoms with E-state index in [-0.39, 0.29) is 0 Å². The van der Waals surface area contributed by atoms with Gasteiger partial charge in [-0.05, 0) is 25.1 Å². The van der Waals surface area contributed by atoms with Gasteiger partial charge in [-0.1, -0.05) is 11.6 Å². The van der Waals surface area contributed by atoms with Crippen molar-refractivity contribution in [1.29, 1.82) is 0 Å². The molecule has 0 atom stereocenters. The highest BCUT2D eigenvalue weighted by atomic mass is 35.5. The Morgan fingerprint density at radius 1 is 1.47 bits per heavy atom. The summed E-state index contributed by atoms with van der Waals surface area (Å²) >= 11 is 5.91. The van der Waals surface area contributed by atoms with Crippen LogP contribution >= 0.6 is 11.6 Å². The third kappa shape index (κ3) is 1.98. The van der Waals surface area contributed by atoms with Crippen LogP contribution in [0.5, 0.6) is 0 Å². The van der Waals surface area contributed by atoms with Gasteiger partial charge >= 0.3 is 0 Å². The van der Waals surface area contributed by atoms with E-state index in [1.807, 2.05) is 25.1 Å². The minimum absolute atomic E-state index is 0.689. The largest absolute Gasteiger partial charge is 0.383 e. The maximum absolute atomic E-state index is 5.91. The first-order valence-corrected chi connectivity index (χ1v) is 5.21. The Labute approximate surface area is 93.6 Å². The van der Waals surface area contributed by atoms with Gasteiger partial charge in [-0.2, -0.15) is 0 Å². The van der Waals surface area contributed by atoms with Gasteiger partial charge in [0.25, 0.3) is 0 Å². The predicted molar refractivity (Wildman–Crippen MR) is 61.4 cm³/mol. The van der Waals surface area contributed by atoms with Gasteiger partial charge < -0.3 is 9.30 Å². The van der Waals surface area contributed by atoms with Crippen LogP contribution in [-0.2, 0) is 11.3 Å². The van der Waals surface area contributed by atoms with Crippen molar-refractivity contribution in [3.8, 4) is 0 Å². The Bertz CT molecular complexity index is 479. The van der Waals surface area contributed by atoms with Gasteiger partial charge in [-0.15, -0.1) is 0 Å². The number of rotatable bonds is 3. The van der Waals surface area contributed by atoms with Crippen molar-refractivity contribution in [2.45, 2.75) is 13.5 Å². The fourth-order valence-electron chi connectivity index (χ4n) is 1.69. The zero-order chi connectivity index (χ0) is 10.8. The van der Waals surface area contributed by atoms with Crippen molar-refractivity contribution in [1.82, 2.24) is 9.55 Å². The average Bonchev–Trinajstić information content (AvgIpc) is 2.50. The van der Waals surface area contributed by atoms with Crippen molar-refractivity contribution < 1.29 is 4.74 Å². The number of aromatic nitrogens is 2. The minimum Gasteiger partial charge on any atom is -0.383 e. The van der Waals surface area contributed by atoms with Crippen LogP contribution in [-0.4, -0.2) is 23.3 Å². The molecule has 0 saturated heterocycles. The summed E-state index contributed by atoms with van der Waals surface area (Å²) in [6, 6.07) is 5.76. The summed E-state index contributed by atoms with van der Waals surface area (Å²) in [5.41, 5.74) is 2.05. The Morgan fingerprint density at radius 3 is 3.00 bits per heavy atom. The second-order valence-electron chi connectivity index (χ2n) is 3.44. The second kappa shape index (κ2) is 4.21. The van der Waals surface area contributed by atoms with Crippen LogP contribution in [0.15, 0.2) is 18.2 Å². The zero-order valence-corrected chi connectivity index (χ0v) is 9.58. The first kappa shape index (κ1) is 10.5. The Morgan fingerprint density at radius 2 is 2.27 bits per heavy atom. The number of benzene rings is 1. The number of methoxy groups -OCH3 is 1. The summed E-state index contributed by atoms with van der Waals surface area (Å²) in [7, 11) is 1.70. The molecule has 0 fully saturated rings. The molecule has 1 aromatic carbocycles. The van der Waals surface area contributed by atoms with E-state index in [1.54, 1.807) is 7.11 Å². The van der Waals surface area contributed by atoms with Gasteiger partial charge in [0.2, 0.25) is 0 Å². The van der Waals surface area contributed by atoms with Gasteiger partial charge in [0.1, 0.15) is 5.82 Å². The molecule has 3 nitrogen and oxygen atoms in total. The number of imidazole rings is 1. The van der Waals surface area contributed by atoms with Crippen LogP contribution in [0.2, 0.25) is 5.02 Å². The van der Waals surface area contributed by atoms with E-state index in [9.17, 15) is 0 Å². The summed E-state index contributed by atoms with van der Waals surface area (Å²) in [4.78, 5) is 4.45. The summed E-state index contributed by atoms with van der Waals surface area (Å²) in [5.74, 6) is 0.990. The first-order chi connectivity index (χ1) is 7.22. The summed E-state index contributed by atoms with van der Waals surface area (Å²) in [6.07, 6.45) is 0. The van der Waals surface area contributed by atoms with E-state index in [0.29, 0.717) is 6.61 Å². The van der Waals surface area contributed by atoms with E-state index in [1.165, 1.54) is 0 Å². The molecule has 1 heterocycles. The monoisotopic (exact) mass is 224 g/mol. The molecule has 0 radical (unpaired) electrons. The fourth-order valence-corrected chi connectivity index (χ4v) is 1.85. The topological polar surface area (TPSA) is 27.1 Å². The van der Waals surface area contributed by atoms with Crippen LogP contribution < -0.4 is 0 Å². The van der Waals surface area contributed by atoms with Crippen molar-refractivity contribution in [3.63, 3.8) is 0 Å². The standard InChI is InChI=1S/C11H13ClN2O/c1-8-13-10-7-9(12)3-4-11(10)14(8)5-6-15-2/h3-4,7H,5-6H2,1-2H3.